The number of carbonyl (C=O) groups excluding carboxylic acids is 1. The second-order valence-electron chi connectivity index (χ2n) is 10.4. The number of esters is 1. The molecular formula is C28H36N2O4S2. The summed E-state index contributed by atoms with van der Waals surface area (Å²) >= 11 is 2.89. The van der Waals surface area contributed by atoms with E-state index in [9.17, 15) is 9.59 Å². The lowest BCUT2D eigenvalue weighted by Gasteiger charge is -2.33. The lowest BCUT2D eigenvalue weighted by molar-refractivity contribution is -0.140. The number of ether oxygens (including phenoxy) is 2. The number of fused-ring (bicyclic) bond motifs is 3. The number of methoxy groups -OCH3 is 1. The Balaban J connectivity index is 1.71. The number of aromatic nitrogens is 2. The molecule has 194 valence electrons. The van der Waals surface area contributed by atoms with Gasteiger partial charge in [-0.3, -0.25) is 14.2 Å². The Morgan fingerprint density at radius 1 is 1.22 bits per heavy atom. The molecule has 4 rings (SSSR count). The number of carbonyl (C=O) groups is 1. The molecule has 1 aromatic carbocycles. The van der Waals surface area contributed by atoms with Crippen LogP contribution in [0.5, 0.6) is 5.75 Å². The number of rotatable bonds is 9. The van der Waals surface area contributed by atoms with Crippen LogP contribution in [-0.4, -0.2) is 35.0 Å². The first kappa shape index (κ1) is 26.7. The van der Waals surface area contributed by atoms with Crippen molar-refractivity contribution < 1.29 is 14.3 Å². The molecule has 1 aliphatic rings. The zero-order chi connectivity index (χ0) is 25.9. The van der Waals surface area contributed by atoms with Crippen molar-refractivity contribution in [1.82, 2.24) is 9.55 Å². The summed E-state index contributed by atoms with van der Waals surface area (Å²) in [4.78, 5) is 33.3. The van der Waals surface area contributed by atoms with Gasteiger partial charge in [-0.1, -0.05) is 52.3 Å². The van der Waals surface area contributed by atoms with Crippen LogP contribution in [-0.2, 0) is 22.4 Å². The predicted octanol–water partition coefficient (Wildman–Crippen LogP) is 6.43. The Bertz CT molecular complexity index is 1270. The molecule has 0 saturated heterocycles. The van der Waals surface area contributed by atoms with Crippen molar-refractivity contribution in [2.75, 3.05) is 19.5 Å². The minimum Gasteiger partial charge on any atom is -0.497 e. The molecule has 0 saturated carbocycles. The molecular weight excluding hydrogens is 492 g/mol. The van der Waals surface area contributed by atoms with Gasteiger partial charge in [-0.05, 0) is 66.8 Å². The normalized spacial score (nSPS) is 15.6. The summed E-state index contributed by atoms with van der Waals surface area (Å²) < 4.78 is 12.3. The summed E-state index contributed by atoms with van der Waals surface area (Å²) in [6, 6.07) is 7.38. The van der Waals surface area contributed by atoms with E-state index in [0.717, 1.165) is 54.3 Å². The van der Waals surface area contributed by atoms with Crippen molar-refractivity contribution in [1.29, 1.82) is 0 Å². The topological polar surface area (TPSA) is 70.4 Å². The highest BCUT2D eigenvalue weighted by Gasteiger charge is 2.32. The molecule has 0 radical (unpaired) electrons. The molecule has 3 aromatic rings. The lowest BCUT2D eigenvalue weighted by Crippen LogP contribution is -2.27. The molecule has 0 unspecified atom stereocenters. The maximum absolute atomic E-state index is 14.0. The Morgan fingerprint density at radius 3 is 2.64 bits per heavy atom. The largest absolute Gasteiger partial charge is 0.497 e. The third-order valence-corrected chi connectivity index (χ3v) is 9.00. The average Bonchev–Trinajstić information content (AvgIpc) is 3.23. The first-order valence-electron chi connectivity index (χ1n) is 12.7. The first-order chi connectivity index (χ1) is 17.2. The summed E-state index contributed by atoms with van der Waals surface area (Å²) in [7, 11) is 1.62. The number of aryl methyl sites for hydroxylation is 1. The van der Waals surface area contributed by atoms with E-state index in [-0.39, 0.29) is 22.7 Å². The van der Waals surface area contributed by atoms with Crippen molar-refractivity contribution in [3.05, 3.63) is 45.1 Å². The molecule has 8 heteroatoms. The molecule has 6 nitrogen and oxygen atoms in total. The molecule has 0 fully saturated rings. The zero-order valence-electron chi connectivity index (χ0n) is 21.9. The van der Waals surface area contributed by atoms with Crippen LogP contribution in [0.15, 0.2) is 34.2 Å². The maximum atomic E-state index is 14.0. The number of hydrogen-bond acceptors (Lipinski definition) is 7. The molecule has 0 aliphatic heterocycles. The molecule has 2 aromatic heterocycles. The minimum absolute atomic E-state index is 0.0734. The molecule has 0 bridgehead atoms. The van der Waals surface area contributed by atoms with Crippen LogP contribution in [0.1, 0.15) is 63.8 Å². The van der Waals surface area contributed by atoms with Gasteiger partial charge in [0.1, 0.15) is 10.6 Å². The number of thioether (sulfide) groups is 1. The van der Waals surface area contributed by atoms with Gasteiger partial charge in [-0.2, -0.15) is 0 Å². The maximum Gasteiger partial charge on any atom is 0.316 e. The third kappa shape index (κ3) is 5.80. The van der Waals surface area contributed by atoms with Crippen LogP contribution in [0.3, 0.4) is 0 Å². The van der Waals surface area contributed by atoms with Gasteiger partial charge >= 0.3 is 5.97 Å². The SMILES string of the molecule is CCCCCOC(=O)CSc1nc2sc3c(c2c(=O)n1-c1ccc(OC)cc1)CC[C@@H](C(C)(C)C)C3. The highest BCUT2D eigenvalue weighted by Crippen LogP contribution is 2.42. The van der Waals surface area contributed by atoms with E-state index in [2.05, 4.69) is 27.7 Å². The molecule has 0 spiro atoms. The van der Waals surface area contributed by atoms with Crippen LogP contribution in [0, 0.1) is 11.3 Å². The second-order valence-corrected chi connectivity index (χ2v) is 12.5. The van der Waals surface area contributed by atoms with Crippen molar-refractivity contribution in [2.45, 2.75) is 71.4 Å². The van der Waals surface area contributed by atoms with Gasteiger partial charge in [0.2, 0.25) is 0 Å². The van der Waals surface area contributed by atoms with Crippen molar-refractivity contribution in [2.24, 2.45) is 11.3 Å². The van der Waals surface area contributed by atoms with E-state index >= 15 is 0 Å². The van der Waals surface area contributed by atoms with Crippen molar-refractivity contribution in [3.8, 4) is 11.4 Å². The summed E-state index contributed by atoms with van der Waals surface area (Å²) in [6.45, 7) is 9.42. The number of benzene rings is 1. The lowest BCUT2D eigenvalue weighted by atomic mass is 9.72. The van der Waals surface area contributed by atoms with Gasteiger partial charge < -0.3 is 9.47 Å². The highest BCUT2D eigenvalue weighted by molar-refractivity contribution is 7.99. The molecule has 0 amide bonds. The summed E-state index contributed by atoms with van der Waals surface area (Å²) in [5, 5.41) is 1.24. The Labute approximate surface area is 221 Å². The molecule has 1 aliphatic carbocycles. The molecule has 36 heavy (non-hydrogen) atoms. The van der Waals surface area contributed by atoms with E-state index in [1.807, 2.05) is 24.3 Å². The van der Waals surface area contributed by atoms with Gasteiger partial charge in [0.05, 0.1) is 30.5 Å². The number of thiophene rings is 1. The van der Waals surface area contributed by atoms with Crippen molar-refractivity contribution in [3.63, 3.8) is 0 Å². The van der Waals surface area contributed by atoms with Gasteiger partial charge in [-0.25, -0.2) is 4.98 Å². The summed E-state index contributed by atoms with van der Waals surface area (Å²) in [5.41, 5.74) is 2.01. The zero-order valence-corrected chi connectivity index (χ0v) is 23.5. The summed E-state index contributed by atoms with van der Waals surface area (Å²) in [5.74, 6) is 1.12. The van der Waals surface area contributed by atoms with E-state index in [4.69, 9.17) is 14.5 Å². The Kier molecular flexibility index (Phi) is 8.45. The standard InChI is InChI=1S/C28H36N2O4S2/c1-6-7-8-15-34-23(31)17-35-27-29-25-24(21-14-9-18(28(2,3)4)16-22(21)36-25)26(32)30(27)19-10-12-20(33-5)13-11-19/h10-13,18H,6-9,14-17H2,1-5H3/t18-/m1/s1. The van der Waals surface area contributed by atoms with Crippen LogP contribution >= 0.6 is 23.1 Å². The fourth-order valence-electron chi connectivity index (χ4n) is 4.70. The van der Waals surface area contributed by atoms with E-state index in [1.54, 1.807) is 23.0 Å². The van der Waals surface area contributed by atoms with Gasteiger partial charge in [0, 0.05) is 4.88 Å². The quantitative estimate of drug-likeness (QED) is 0.138. The monoisotopic (exact) mass is 528 g/mol. The fourth-order valence-corrected chi connectivity index (χ4v) is 6.86. The van der Waals surface area contributed by atoms with Gasteiger partial charge in [-0.15, -0.1) is 11.3 Å². The van der Waals surface area contributed by atoms with Crippen LogP contribution < -0.4 is 10.3 Å². The second kappa shape index (κ2) is 11.4. The highest BCUT2D eigenvalue weighted by atomic mass is 32.2. The molecule has 1 atom stereocenters. The molecule has 0 N–H and O–H groups in total. The first-order valence-corrected chi connectivity index (χ1v) is 14.5. The Hall–Kier alpha value is -2.32. The van der Waals surface area contributed by atoms with E-state index in [0.29, 0.717) is 29.1 Å². The van der Waals surface area contributed by atoms with Gasteiger partial charge in [0.15, 0.2) is 5.16 Å². The van der Waals surface area contributed by atoms with E-state index in [1.165, 1.54) is 16.6 Å². The summed E-state index contributed by atoms with van der Waals surface area (Å²) in [6.07, 6.45) is 5.93. The fraction of sp³-hybridized carbons (Fsp3) is 0.536. The molecule has 2 heterocycles. The predicted molar refractivity (Wildman–Crippen MR) is 148 cm³/mol. The van der Waals surface area contributed by atoms with E-state index < -0.39 is 0 Å². The van der Waals surface area contributed by atoms with Crippen molar-refractivity contribution >= 4 is 39.3 Å². The minimum atomic E-state index is -0.287. The Morgan fingerprint density at radius 2 is 1.97 bits per heavy atom. The van der Waals surface area contributed by atoms with Crippen LogP contribution in [0.4, 0.5) is 0 Å². The number of nitrogens with zero attached hydrogens (tertiary/aromatic N) is 2. The van der Waals surface area contributed by atoms with Crippen LogP contribution in [0.2, 0.25) is 0 Å². The van der Waals surface area contributed by atoms with Gasteiger partial charge in [0.25, 0.3) is 5.56 Å². The third-order valence-electron chi connectivity index (χ3n) is 6.94. The van der Waals surface area contributed by atoms with Crippen LogP contribution in [0.25, 0.3) is 15.9 Å². The number of unbranched alkanes of at least 4 members (excludes halogenated alkanes) is 2. The number of hydrogen-bond donors (Lipinski definition) is 0. The average molecular weight is 529 g/mol. The smallest absolute Gasteiger partial charge is 0.316 e.